The summed E-state index contributed by atoms with van der Waals surface area (Å²) in [5.41, 5.74) is 1.75. The molecule has 2 aliphatic heterocycles. The second-order valence-corrected chi connectivity index (χ2v) is 9.09. The average Bonchev–Trinajstić information content (AvgIpc) is 3.26. The number of nitrogens with zero attached hydrogens (tertiary/aromatic N) is 1. The van der Waals surface area contributed by atoms with E-state index in [1.165, 1.54) is 42.3 Å². The summed E-state index contributed by atoms with van der Waals surface area (Å²) in [6.07, 6.45) is -0.402. The average molecular weight is 552 g/mol. The standard InChI is InChI=1S/C28H23F2N3O7/c1-38-25-16(3-2-15-13-33(27(36)24(15)25)21-9-11-23(34)32-26(21)35)14-39-28(37)31-18-5-7-19(8-6-18)40-22-10-4-17(29)12-20(22)30/h2-8,10,12,21H,9,11,13-14H2,1H3,(H,31,37)(H,32,34,35). The fraction of sp³-hybridized carbons (Fsp3) is 0.214. The maximum absolute atomic E-state index is 13.8. The first-order chi connectivity index (χ1) is 19.2. The number of nitrogens with one attached hydrogen (secondary N) is 2. The highest BCUT2D eigenvalue weighted by Gasteiger charge is 2.41. The number of piperidine rings is 1. The minimum atomic E-state index is -0.849. The molecule has 2 aliphatic rings. The maximum Gasteiger partial charge on any atom is 0.411 e. The van der Waals surface area contributed by atoms with Crippen molar-refractivity contribution in [3.63, 3.8) is 0 Å². The Labute approximate surface area is 226 Å². The SMILES string of the molecule is COc1c(COC(=O)Nc2ccc(Oc3ccc(F)cc3F)cc2)ccc2c1C(=O)N(C1CCC(=O)NC1=O)C2. The summed E-state index contributed by atoms with van der Waals surface area (Å²) < 4.78 is 43.1. The molecule has 3 aromatic rings. The van der Waals surface area contributed by atoms with Gasteiger partial charge in [0.15, 0.2) is 11.6 Å². The Balaban J connectivity index is 1.21. The maximum atomic E-state index is 13.8. The Morgan fingerprint density at radius 2 is 1.85 bits per heavy atom. The monoisotopic (exact) mass is 551 g/mol. The second-order valence-electron chi connectivity index (χ2n) is 9.09. The predicted octanol–water partition coefficient (Wildman–Crippen LogP) is 4.28. The highest BCUT2D eigenvalue weighted by atomic mass is 19.1. The third kappa shape index (κ3) is 5.41. The van der Waals surface area contributed by atoms with Gasteiger partial charge in [-0.15, -0.1) is 0 Å². The van der Waals surface area contributed by atoms with Gasteiger partial charge in [-0.1, -0.05) is 12.1 Å². The number of anilines is 1. The van der Waals surface area contributed by atoms with Gasteiger partial charge in [-0.2, -0.15) is 0 Å². The summed E-state index contributed by atoms with van der Waals surface area (Å²) >= 11 is 0. The lowest BCUT2D eigenvalue weighted by Crippen LogP contribution is -2.52. The van der Waals surface area contributed by atoms with Gasteiger partial charge in [0.05, 0.1) is 12.7 Å². The minimum absolute atomic E-state index is 0.143. The Hall–Kier alpha value is -5.00. The number of hydrogen-bond acceptors (Lipinski definition) is 7. The van der Waals surface area contributed by atoms with Crippen LogP contribution in [0.3, 0.4) is 0 Å². The van der Waals surface area contributed by atoms with Crippen molar-refractivity contribution in [3.8, 4) is 17.2 Å². The third-order valence-corrected chi connectivity index (χ3v) is 6.51. The number of benzene rings is 3. The van der Waals surface area contributed by atoms with Gasteiger partial charge in [-0.25, -0.2) is 13.6 Å². The van der Waals surface area contributed by atoms with Crippen molar-refractivity contribution in [1.82, 2.24) is 10.2 Å². The zero-order valence-electron chi connectivity index (χ0n) is 21.2. The number of carbonyl (C=O) groups excluding carboxylic acids is 4. The Bertz CT molecular complexity index is 1510. The van der Waals surface area contributed by atoms with Crippen LogP contribution < -0.4 is 20.1 Å². The van der Waals surface area contributed by atoms with Crippen LogP contribution in [0, 0.1) is 11.6 Å². The van der Waals surface area contributed by atoms with Crippen LogP contribution in [0.1, 0.15) is 34.3 Å². The van der Waals surface area contributed by atoms with Gasteiger partial charge in [0.1, 0.15) is 30.0 Å². The first kappa shape index (κ1) is 26.6. The van der Waals surface area contributed by atoms with Crippen LogP contribution >= 0.6 is 0 Å². The summed E-state index contributed by atoms with van der Waals surface area (Å²) in [7, 11) is 1.39. The number of methoxy groups -OCH3 is 1. The molecule has 206 valence electrons. The molecular weight excluding hydrogens is 528 g/mol. The zero-order valence-corrected chi connectivity index (χ0v) is 21.2. The number of carbonyl (C=O) groups is 4. The molecule has 1 fully saturated rings. The molecule has 1 unspecified atom stereocenters. The third-order valence-electron chi connectivity index (χ3n) is 6.51. The van der Waals surface area contributed by atoms with E-state index >= 15 is 0 Å². The van der Waals surface area contributed by atoms with Crippen molar-refractivity contribution in [3.05, 3.63) is 82.9 Å². The largest absolute Gasteiger partial charge is 0.495 e. The summed E-state index contributed by atoms with van der Waals surface area (Å²) in [5, 5.41) is 4.81. The first-order valence-electron chi connectivity index (χ1n) is 12.2. The fourth-order valence-electron chi connectivity index (χ4n) is 4.60. The van der Waals surface area contributed by atoms with E-state index in [1.807, 2.05) is 0 Å². The molecule has 1 saturated heterocycles. The lowest BCUT2D eigenvalue weighted by molar-refractivity contribution is -0.136. The van der Waals surface area contributed by atoms with Gasteiger partial charge in [0, 0.05) is 30.3 Å². The van der Waals surface area contributed by atoms with Gasteiger partial charge in [-0.3, -0.25) is 25.0 Å². The molecule has 0 saturated carbocycles. The molecule has 2 heterocycles. The summed E-state index contributed by atoms with van der Waals surface area (Å²) in [6.45, 7) is -0.0229. The Morgan fingerprint density at radius 1 is 1.07 bits per heavy atom. The van der Waals surface area contributed by atoms with Crippen molar-refractivity contribution in [2.75, 3.05) is 12.4 Å². The molecule has 40 heavy (non-hydrogen) atoms. The molecule has 3 aromatic carbocycles. The van der Waals surface area contributed by atoms with Crippen LogP contribution in [-0.2, 0) is 27.5 Å². The molecule has 0 bridgehead atoms. The van der Waals surface area contributed by atoms with Crippen LogP contribution in [0.4, 0.5) is 19.3 Å². The normalized spacial score (nSPS) is 16.3. The van der Waals surface area contributed by atoms with Crippen LogP contribution in [0.2, 0.25) is 0 Å². The fourth-order valence-corrected chi connectivity index (χ4v) is 4.60. The van der Waals surface area contributed by atoms with E-state index in [4.69, 9.17) is 14.2 Å². The molecule has 10 nitrogen and oxygen atoms in total. The quantitative estimate of drug-likeness (QED) is 0.421. The topological polar surface area (TPSA) is 123 Å². The van der Waals surface area contributed by atoms with Crippen molar-refractivity contribution in [1.29, 1.82) is 0 Å². The van der Waals surface area contributed by atoms with Gasteiger partial charge < -0.3 is 19.1 Å². The second kappa shape index (κ2) is 11.0. The van der Waals surface area contributed by atoms with Gasteiger partial charge in [0.2, 0.25) is 11.8 Å². The molecule has 5 rings (SSSR count). The Morgan fingerprint density at radius 3 is 2.55 bits per heavy atom. The highest BCUT2D eigenvalue weighted by Crippen LogP contribution is 2.36. The van der Waals surface area contributed by atoms with Gasteiger partial charge in [-0.05, 0) is 48.4 Å². The molecule has 0 radical (unpaired) electrons. The van der Waals surface area contributed by atoms with Crippen molar-refractivity contribution in [2.45, 2.75) is 32.0 Å². The molecular formula is C28H23F2N3O7. The van der Waals surface area contributed by atoms with Gasteiger partial charge in [0.25, 0.3) is 5.91 Å². The van der Waals surface area contributed by atoms with Crippen molar-refractivity contribution in [2.24, 2.45) is 0 Å². The smallest absolute Gasteiger partial charge is 0.411 e. The molecule has 12 heteroatoms. The van der Waals surface area contributed by atoms with E-state index in [0.717, 1.165) is 6.07 Å². The van der Waals surface area contributed by atoms with Gasteiger partial charge >= 0.3 is 6.09 Å². The summed E-state index contributed by atoms with van der Waals surface area (Å²) in [4.78, 5) is 50.9. The number of halogens is 2. The van der Waals surface area contributed by atoms with Crippen molar-refractivity contribution >= 4 is 29.5 Å². The van der Waals surface area contributed by atoms with Crippen LogP contribution in [0.5, 0.6) is 17.2 Å². The van der Waals surface area contributed by atoms with Crippen LogP contribution in [0.25, 0.3) is 0 Å². The number of ether oxygens (including phenoxy) is 3. The lowest BCUT2D eigenvalue weighted by Gasteiger charge is -2.29. The van der Waals surface area contributed by atoms with Crippen molar-refractivity contribution < 1.29 is 42.2 Å². The molecule has 1 atom stereocenters. The number of rotatable bonds is 7. The van der Waals surface area contributed by atoms with E-state index in [2.05, 4.69) is 10.6 Å². The van der Waals surface area contributed by atoms with E-state index in [9.17, 15) is 28.0 Å². The van der Waals surface area contributed by atoms with Crippen LogP contribution in [-0.4, -0.2) is 41.9 Å². The molecule has 0 spiro atoms. The molecule has 2 N–H and O–H groups in total. The lowest BCUT2D eigenvalue weighted by atomic mass is 10.0. The molecule has 0 aromatic heterocycles. The van der Waals surface area contributed by atoms with Crippen LogP contribution in [0.15, 0.2) is 54.6 Å². The number of imide groups is 1. The summed E-state index contributed by atoms with van der Waals surface area (Å²) in [6, 6.07) is 11.6. The molecule has 4 amide bonds. The highest BCUT2D eigenvalue weighted by molar-refractivity contribution is 6.06. The van der Waals surface area contributed by atoms with E-state index in [0.29, 0.717) is 22.9 Å². The predicted molar refractivity (Wildman–Crippen MR) is 136 cm³/mol. The number of fused-ring (bicyclic) bond motifs is 1. The number of hydrogen-bond donors (Lipinski definition) is 2. The number of amides is 4. The first-order valence-corrected chi connectivity index (χ1v) is 12.2. The zero-order chi connectivity index (χ0) is 28.4. The Kier molecular flexibility index (Phi) is 7.32. The van der Waals surface area contributed by atoms with E-state index in [-0.39, 0.29) is 54.7 Å². The van der Waals surface area contributed by atoms with E-state index < -0.39 is 35.6 Å². The minimum Gasteiger partial charge on any atom is -0.495 e. The van der Waals surface area contributed by atoms with E-state index in [1.54, 1.807) is 12.1 Å². The molecule has 0 aliphatic carbocycles. The summed E-state index contributed by atoms with van der Waals surface area (Å²) in [5.74, 6) is -2.51.